The lowest BCUT2D eigenvalue weighted by molar-refractivity contribution is -0.138. The molecule has 0 aliphatic carbocycles. The maximum atomic E-state index is 10.9. The van der Waals surface area contributed by atoms with E-state index in [1.54, 1.807) is 11.3 Å². The van der Waals surface area contributed by atoms with Gasteiger partial charge in [-0.2, -0.15) is 0 Å². The molecule has 0 radical (unpaired) electrons. The molecular formula is C13H23N3O2S. The lowest BCUT2D eigenvalue weighted by Gasteiger charge is -2.21. The SMILES string of the molecule is CC(C)c1nc(CN(CCN(C)C)CC(=O)O)cs1. The molecule has 0 aliphatic rings. The predicted molar refractivity (Wildman–Crippen MR) is 77.7 cm³/mol. The van der Waals surface area contributed by atoms with Crippen LogP contribution in [0.5, 0.6) is 0 Å². The van der Waals surface area contributed by atoms with Crippen molar-refractivity contribution in [1.29, 1.82) is 0 Å². The number of carbonyl (C=O) groups is 1. The molecule has 5 nitrogen and oxygen atoms in total. The van der Waals surface area contributed by atoms with E-state index in [2.05, 4.69) is 23.7 Å². The molecule has 108 valence electrons. The molecule has 19 heavy (non-hydrogen) atoms. The van der Waals surface area contributed by atoms with Gasteiger partial charge >= 0.3 is 5.97 Å². The third-order valence-electron chi connectivity index (χ3n) is 2.67. The van der Waals surface area contributed by atoms with Crippen molar-refractivity contribution in [3.05, 3.63) is 16.1 Å². The first-order chi connectivity index (χ1) is 8.88. The highest BCUT2D eigenvalue weighted by atomic mass is 32.1. The van der Waals surface area contributed by atoms with Crippen LogP contribution < -0.4 is 0 Å². The molecular weight excluding hydrogens is 262 g/mol. The number of carboxylic acids is 1. The molecule has 1 aromatic heterocycles. The molecule has 0 aromatic carbocycles. The van der Waals surface area contributed by atoms with Gasteiger partial charge in [0, 0.05) is 30.9 Å². The average molecular weight is 285 g/mol. The molecule has 1 aromatic rings. The summed E-state index contributed by atoms with van der Waals surface area (Å²) >= 11 is 1.65. The summed E-state index contributed by atoms with van der Waals surface area (Å²) in [6, 6.07) is 0. The zero-order valence-electron chi connectivity index (χ0n) is 12.1. The van der Waals surface area contributed by atoms with Crippen molar-refractivity contribution in [3.63, 3.8) is 0 Å². The van der Waals surface area contributed by atoms with E-state index < -0.39 is 5.97 Å². The van der Waals surface area contributed by atoms with Gasteiger partial charge in [-0.15, -0.1) is 11.3 Å². The van der Waals surface area contributed by atoms with Crippen molar-refractivity contribution in [1.82, 2.24) is 14.8 Å². The second-order valence-electron chi connectivity index (χ2n) is 5.24. The first-order valence-electron chi connectivity index (χ1n) is 6.41. The number of hydrogen-bond donors (Lipinski definition) is 1. The van der Waals surface area contributed by atoms with Crippen LogP contribution in [0.2, 0.25) is 0 Å². The Bertz CT molecular complexity index is 404. The van der Waals surface area contributed by atoms with Gasteiger partial charge < -0.3 is 10.0 Å². The van der Waals surface area contributed by atoms with Crippen LogP contribution in [0, 0.1) is 0 Å². The fourth-order valence-corrected chi connectivity index (χ4v) is 2.46. The highest BCUT2D eigenvalue weighted by molar-refractivity contribution is 7.09. The fourth-order valence-electron chi connectivity index (χ4n) is 1.64. The standard InChI is InChI=1S/C13H23N3O2S/c1-10(2)13-14-11(9-19-13)7-16(8-12(17)18)6-5-15(3)4/h9-10H,5-8H2,1-4H3,(H,17,18). The van der Waals surface area contributed by atoms with Crippen LogP contribution in [0.15, 0.2) is 5.38 Å². The number of hydrogen-bond acceptors (Lipinski definition) is 5. The Morgan fingerprint density at radius 1 is 1.42 bits per heavy atom. The Kier molecular flexibility index (Phi) is 6.41. The summed E-state index contributed by atoms with van der Waals surface area (Å²) in [5.74, 6) is -0.369. The minimum Gasteiger partial charge on any atom is -0.480 e. The molecule has 0 fully saturated rings. The number of carboxylic acid groups (broad SMARTS) is 1. The van der Waals surface area contributed by atoms with Crippen LogP contribution in [0.1, 0.15) is 30.5 Å². The molecule has 1 heterocycles. The normalized spacial score (nSPS) is 11.7. The van der Waals surface area contributed by atoms with E-state index >= 15 is 0 Å². The Morgan fingerprint density at radius 2 is 2.11 bits per heavy atom. The summed E-state index contributed by atoms with van der Waals surface area (Å²) in [4.78, 5) is 19.4. The van der Waals surface area contributed by atoms with Gasteiger partial charge in [0.05, 0.1) is 17.2 Å². The molecule has 0 aliphatic heterocycles. The third kappa shape index (κ3) is 6.13. The molecule has 0 amide bonds. The molecule has 1 rings (SSSR count). The summed E-state index contributed by atoms with van der Waals surface area (Å²) in [7, 11) is 3.97. The van der Waals surface area contributed by atoms with E-state index in [-0.39, 0.29) is 6.54 Å². The molecule has 0 saturated heterocycles. The number of nitrogens with zero attached hydrogens (tertiary/aromatic N) is 3. The van der Waals surface area contributed by atoms with Gasteiger partial charge in [0.1, 0.15) is 0 Å². The first kappa shape index (κ1) is 16.1. The van der Waals surface area contributed by atoms with Crippen LogP contribution >= 0.6 is 11.3 Å². The van der Waals surface area contributed by atoms with Crippen molar-refractivity contribution >= 4 is 17.3 Å². The van der Waals surface area contributed by atoms with Gasteiger partial charge in [-0.3, -0.25) is 9.69 Å². The Labute approximate surface area is 118 Å². The molecule has 0 atom stereocenters. The zero-order valence-corrected chi connectivity index (χ0v) is 12.9. The number of likely N-dealkylation sites (N-methyl/N-ethyl adjacent to an activating group) is 1. The number of aliphatic carboxylic acids is 1. The van der Waals surface area contributed by atoms with Crippen LogP contribution in [-0.2, 0) is 11.3 Å². The second kappa shape index (κ2) is 7.57. The maximum absolute atomic E-state index is 10.9. The quantitative estimate of drug-likeness (QED) is 0.788. The van der Waals surface area contributed by atoms with Gasteiger partial charge in [0.25, 0.3) is 0 Å². The van der Waals surface area contributed by atoms with E-state index in [1.165, 1.54) is 0 Å². The summed E-state index contributed by atoms with van der Waals surface area (Å²) in [5.41, 5.74) is 0.966. The maximum Gasteiger partial charge on any atom is 0.317 e. The smallest absolute Gasteiger partial charge is 0.317 e. The highest BCUT2D eigenvalue weighted by Gasteiger charge is 2.13. The minimum absolute atomic E-state index is 0.0579. The highest BCUT2D eigenvalue weighted by Crippen LogP contribution is 2.19. The zero-order chi connectivity index (χ0) is 14.4. The first-order valence-corrected chi connectivity index (χ1v) is 7.29. The van der Waals surface area contributed by atoms with E-state index in [0.29, 0.717) is 12.5 Å². The van der Waals surface area contributed by atoms with Crippen LogP contribution in [0.4, 0.5) is 0 Å². The van der Waals surface area contributed by atoms with Crippen molar-refractivity contribution < 1.29 is 9.90 Å². The predicted octanol–water partition coefficient (Wildman–Crippen LogP) is 1.71. The summed E-state index contributed by atoms with van der Waals surface area (Å²) < 4.78 is 0. The van der Waals surface area contributed by atoms with Crippen LogP contribution in [-0.4, -0.2) is 59.6 Å². The second-order valence-corrected chi connectivity index (χ2v) is 6.13. The van der Waals surface area contributed by atoms with Crippen molar-refractivity contribution in [2.75, 3.05) is 33.7 Å². The average Bonchev–Trinajstić information content (AvgIpc) is 2.73. The summed E-state index contributed by atoms with van der Waals surface area (Å²) in [6.45, 7) is 6.46. The monoisotopic (exact) mass is 285 g/mol. The lowest BCUT2D eigenvalue weighted by atomic mass is 10.2. The van der Waals surface area contributed by atoms with Gasteiger partial charge in [-0.1, -0.05) is 13.8 Å². The molecule has 0 spiro atoms. The van der Waals surface area contributed by atoms with Gasteiger partial charge in [-0.05, 0) is 14.1 Å². The van der Waals surface area contributed by atoms with Crippen molar-refractivity contribution in [3.8, 4) is 0 Å². The largest absolute Gasteiger partial charge is 0.480 e. The molecule has 6 heteroatoms. The Morgan fingerprint density at radius 3 is 2.58 bits per heavy atom. The topological polar surface area (TPSA) is 56.7 Å². The van der Waals surface area contributed by atoms with Gasteiger partial charge in [0.2, 0.25) is 0 Å². The molecule has 1 N–H and O–H groups in total. The summed E-state index contributed by atoms with van der Waals surface area (Å²) in [6.07, 6.45) is 0. The van der Waals surface area contributed by atoms with Crippen LogP contribution in [0.25, 0.3) is 0 Å². The molecule has 0 unspecified atom stereocenters. The number of aromatic nitrogens is 1. The van der Waals surface area contributed by atoms with Crippen molar-refractivity contribution in [2.24, 2.45) is 0 Å². The van der Waals surface area contributed by atoms with Crippen molar-refractivity contribution in [2.45, 2.75) is 26.3 Å². The van der Waals surface area contributed by atoms with Gasteiger partial charge in [0.15, 0.2) is 0 Å². The van der Waals surface area contributed by atoms with E-state index in [1.807, 2.05) is 24.4 Å². The molecule has 0 saturated carbocycles. The van der Waals surface area contributed by atoms with Gasteiger partial charge in [-0.25, -0.2) is 4.98 Å². The Balaban J connectivity index is 2.61. The fraction of sp³-hybridized carbons (Fsp3) is 0.692. The number of thiazole rings is 1. The van der Waals surface area contributed by atoms with Crippen LogP contribution in [0.3, 0.4) is 0 Å². The Hall–Kier alpha value is -0.980. The lowest BCUT2D eigenvalue weighted by Crippen LogP contribution is -2.35. The minimum atomic E-state index is -0.793. The van der Waals surface area contributed by atoms with E-state index in [9.17, 15) is 4.79 Å². The number of rotatable bonds is 8. The molecule has 0 bridgehead atoms. The summed E-state index contributed by atoms with van der Waals surface area (Å²) in [5, 5.41) is 12.1. The third-order valence-corrected chi connectivity index (χ3v) is 3.87. The van der Waals surface area contributed by atoms with E-state index in [0.717, 1.165) is 23.8 Å². The van der Waals surface area contributed by atoms with E-state index in [4.69, 9.17) is 5.11 Å².